The Morgan fingerprint density at radius 2 is 1.83 bits per heavy atom. The molecule has 1 aliphatic carbocycles. The number of benzene rings is 1. The molecule has 6 rings (SSSR count). The van der Waals surface area contributed by atoms with Crippen molar-refractivity contribution < 1.29 is 0 Å². The molecule has 3 aliphatic heterocycles. The van der Waals surface area contributed by atoms with Crippen LogP contribution in [0.15, 0.2) is 58.3 Å². The standard InChI is InChI=1S/C23H22N6O/c30-22-20(16-6-2-1-3-7-17(16)27-22)21-25-18-9-8-15(14-19(18)26-21)29-13-5-12-28-11-4-10-24-23(28)29/h1-3,6-9,14H,4-5,10-13H2,(H,25,26)(H,27,30). The lowest BCUT2D eigenvalue weighted by Crippen LogP contribution is -2.52. The fourth-order valence-corrected chi connectivity index (χ4v) is 4.57. The number of aromatic amines is 2. The van der Waals surface area contributed by atoms with Gasteiger partial charge in [-0.05, 0) is 37.1 Å². The number of hydrogen-bond donors (Lipinski definition) is 2. The second-order valence-electron chi connectivity index (χ2n) is 7.88. The van der Waals surface area contributed by atoms with Crippen molar-refractivity contribution in [1.82, 2.24) is 19.9 Å². The molecule has 1 aromatic heterocycles. The molecule has 0 unspecified atom stereocenters. The molecular weight excluding hydrogens is 376 g/mol. The van der Waals surface area contributed by atoms with Gasteiger partial charge in [-0.15, -0.1) is 0 Å². The number of H-pyrrole nitrogens is 2. The lowest BCUT2D eigenvalue weighted by Gasteiger charge is -2.41. The Hall–Kier alpha value is -3.61. The quantitative estimate of drug-likeness (QED) is 0.543. The summed E-state index contributed by atoms with van der Waals surface area (Å²) in [6.45, 7) is 4.01. The number of aliphatic imine (C=N–C) groups is 1. The minimum absolute atomic E-state index is 0.126. The molecule has 4 heterocycles. The van der Waals surface area contributed by atoms with Gasteiger partial charge < -0.3 is 19.8 Å². The molecule has 1 fully saturated rings. The number of nitrogens with zero attached hydrogens (tertiary/aromatic N) is 4. The van der Waals surface area contributed by atoms with Crippen LogP contribution >= 0.6 is 0 Å². The number of guanidine groups is 1. The smallest absolute Gasteiger partial charge is 0.260 e. The van der Waals surface area contributed by atoms with Crippen LogP contribution in [-0.4, -0.2) is 52.0 Å². The summed E-state index contributed by atoms with van der Waals surface area (Å²) in [6.07, 6.45) is 2.25. The summed E-state index contributed by atoms with van der Waals surface area (Å²) in [5.74, 6) is 1.68. The number of aromatic nitrogens is 3. The Morgan fingerprint density at radius 1 is 0.933 bits per heavy atom. The van der Waals surface area contributed by atoms with E-state index < -0.39 is 0 Å². The van der Waals surface area contributed by atoms with Crippen molar-refractivity contribution >= 4 is 22.7 Å². The maximum Gasteiger partial charge on any atom is 0.260 e. The van der Waals surface area contributed by atoms with Crippen molar-refractivity contribution in [2.45, 2.75) is 12.8 Å². The second kappa shape index (κ2) is 6.73. The molecule has 30 heavy (non-hydrogen) atoms. The van der Waals surface area contributed by atoms with Crippen molar-refractivity contribution in [3.8, 4) is 22.6 Å². The van der Waals surface area contributed by atoms with Crippen LogP contribution in [-0.2, 0) is 0 Å². The van der Waals surface area contributed by atoms with Gasteiger partial charge >= 0.3 is 0 Å². The number of nitrogens with one attached hydrogen (secondary N) is 2. The molecule has 0 saturated carbocycles. The van der Waals surface area contributed by atoms with E-state index in [-0.39, 0.29) is 5.56 Å². The fourth-order valence-electron chi connectivity index (χ4n) is 4.57. The second-order valence-corrected chi connectivity index (χ2v) is 7.88. The predicted molar refractivity (Wildman–Crippen MR) is 119 cm³/mol. The summed E-state index contributed by atoms with van der Waals surface area (Å²) < 4.78 is 0. The minimum Gasteiger partial charge on any atom is -0.342 e. The van der Waals surface area contributed by atoms with E-state index in [1.54, 1.807) is 0 Å². The van der Waals surface area contributed by atoms with Gasteiger partial charge in [0.2, 0.25) is 5.96 Å². The first kappa shape index (κ1) is 17.3. The molecule has 1 aromatic carbocycles. The van der Waals surface area contributed by atoms with Crippen LogP contribution in [0.5, 0.6) is 0 Å². The Labute approximate surface area is 173 Å². The predicted octanol–water partition coefficient (Wildman–Crippen LogP) is 3.29. The van der Waals surface area contributed by atoms with Crippen molar-refractivity contribution in [3.05, 3.63) is 58.9 Å². The molecule has 0 bridgehead atoms. The first-order chi connectivity index (χ1) is 14.8. The highest BCUT2D eigenvalue weighted by atomic mass is 16.1. The van der Waals surface area contributed by atoms with Gasteiger partial charge in [-0.25, -0.2) is 4.98 Å². The number of imidazole rings is 1. The average molecular weight is 398 g/mol. The number of fused-ring (bicyclic) bond motifs is 3. The van der Waals surface area contributed by atoms with Gasteiger partial charge in [0.15, 0.2) is 0 Å². The molecule has 2 aromatic rings. The summed E-state index contributed by atoms with van der Waals surface area (Å²) in [4.78, 5) is 33.1. The topological polar surface area (TPSA) is 80.4 Å². The van der Waals surface area contributed by atoms with Gasteiger partial charge in [-0.3, -0.25) is 9.79 Å². The van der Waals surface area contributed by atoms with E-state index in [1.165, 1.54) is 0 Å². The number of anilines is 1. The molecule has 4 aliphatic rings. The molecular formula is C23H22N6O. The Bertz CT molecular complexity index is 1300. The van der Waals surface area contributed by atoms with E-state index in [9.17, 15) is 4.79 Å². The van der Waals surface area contributed by atoms with Crippen LogP contribution < -0.4 is 10.5 Å². The Balaban J connectivity index is 1.43. The molecule has 150 valence electrons. The molecule has 2 N–H and O–H groups in total. The summed E-state index contributed by atoms with van der Waals surface area (Å²) in [6, 6.07) is 15.9. The summed E-state index contributed by atoms with van der Waals surface area (Å²) in [7, 11) is 0. The van der Waals surface area contributed by atoms with Gasteiger partial charge in [0.05, 0.1) is 16.6 Å². The van der Waals surface area contributed by atoms with E-state index in [0.717, 1.165) is 73.0 Å². The Morgan fingerprint density at radius 3 is 2.80 bits per heavy atom. The number of rotatable bonds is 2. The lowest BCUT2D eigenvalue weighted by atomic mass is 10.1. The van der Waals surface area contributed by atoms with E-state index in [4.69, 9.17) is 9.98 Å². The van der Waals surface area contributed by atoms with Crippen LogP contribution in [0.1, 0.15) is 12.8 Å². The SMILES string of the molecule is O=c1[nH]c2cccccc-2c1-c1nc2ccc(N3CCCN4CCCN=C43)cc2[nH]1. The molecule has 0 spiro atoms. The first-order valence-electron chi connectivity index (χ1n) is 10.5. The zero-order chi connectivity index (χ0) is 20.1. The third-order valence-corrected chi connectivity index (χ3v) is 5.97. The normalized spacial score (nSPS) is 16.7. The third-order valence-electron chi connectivity index (χ3n) is 5.97. The first-order valence-corrected chi connectivity index (χ1v) is 10.5. The number of hydrogen-bond acceptors (Lipinski definition) is 5. The lowest BCUT2D eigenvalue weighted by molar-refractivity contribution is 0.360. The monoisotopic (exact) mass is 398 g/mol. The summed E-state index contributed by atoms with van der Waals surface area (Å²) >= 11 is 0. The highest BCUT2D eigenvalue weighted by Gasteiger charge is 2.27. The maximum absolute atomic E-state index is 12.6. The average Bonchev–Trinajstić information content (AvgIpc) is 3.24. The van der Waals surface area contributed by atoms with Crippen LogP contribution in [0, 0.1) is 0 Å². The van der Waals surface area contributed by atoms with Gasteiger partial charge in [0.1, 0.15) is 5.82 Å². The summed E-state index contributed by atoms with van der Waals surface area (Å²) in [5.41, 5.74) is 5.01. The van der Waals surface area contributed by atoms with Gasteiger partial charge in [0, 0.05) is 43.1 Å². The highest BCUT2D eigenvalue weighted by molar-refractivity contribution is 5.99. The zero-order valence-corrected chi connectivity index (χ0v) is 16.6. The molecule has 0 radical (unpaired) electrons. The van der Waals surface area contributed by atoms with E-state index in [0.29, 0.717) is 11.4 Å². The fraction of sp³-hybridized carbons (Fsp3) is 0.261. The largest absolute Gasteiger partial charge is 0.342 e. The van der Waals surface area contributed by atoms with Crippen LogP contribution in [0.25, 0.3) is 33.7 Å². The van der Waals surface area contributed by atoms with Gasteiger partial charge in [-0.2, -0.15) is 0 Å². The van der Waals surface area contributed by atoms with Crippen molar-refractivity contribution in [2.24, 2.45) is 4.99 Å². The maximum atomic E-state index is 12.6. The van der Waals surface area contributed by atoms with Gasteiger partial charge in [0.25, 0.3) is 5.56 Å². The van der Waals surface area contributed by atoms with Crippen LogP contribution in [0.2, 0.25) is 0 Å². The molecule has 0 atom stereocenters. The highest BCUT2D eigenvalue weighted by Crippen LogP contribution is 2.31. The van der Waals surface area contributed by atoms with Crippen molar-refractivity contribution in [1.29, 1.82) is 0 Å². The Kier molecular flexibility index (Phi) is 3.87. The minimum atomic E-state index is -0.126. The van der Waals surface area contributed by atoms with Crippen LogP contribution in [0.3, 0.4) is 0 Å². The van der Waals surface area contributed by atoms with E-state index in [1.807, 2.05) is 36.4 Å². The molecule has 7 heteroatoms. The molecule has 0 amide bonds. The zero-order valence-electron chi connectivity index (χ0n) is 16.6. The van der Waals surface area contributed by atoms with Crippen LogP contribution in [0.4, 0.5) is 5.69 Å². The van der Waals surface area contributed by atoms with E-state index >= 15 is 0 Å². The van der Waals surface area contributed by atoms with Crippen molar-refractivity contribution in [2.75, 3.05) is 31.1 Å². The molecule has 1 saturated heterocycles. The van der Waals surface area contributed by atoms with E-state index in [2.05, 4.69) is 31.9 Å². The summed E-state index contributed by atoms with van der Waals surface area (Å²) in [5, 5.41) is 0. The van der Waals surface area contributed by atoms with Gasteiger partial charge in [-0.1, -0.05) is 24.3 Å². The third kappa shape index (κ3) is 2.69. The van der Waals surface area contributed by atoms with Crippen molar-refractivity contribution in [3.63, 3.8) is 0 Å². The molecule has 7 nitrogen and oxygen atoms in total.